The van der Waals surface area contributed by atoms with Crippen LogP contribution in [-0.4, -0.2) is 21.1 Å². The molecule has 5 heteroatoms. The summed E-state index contributed by atoms with van der Waals surface area (Å²) < 4.78 is 2.21. The second-order valence-corrected chi connectivity index (χ2v) is 5.03. The summed E-state index contributed by atoms with van der Waals surface area (Å²) in [5, 5.41) is 0. The smallest absolute Gasteiger partial charge is 0.267 e. The first-order chi connectivity index (χ1) is 6.66. The molecule has 78 valence electrons. The van der Waals surface area contributed by atoms with Crippen molar-refractivity contribution in [3.05, 3.63) is 26.8 Å². The second-order valence-electron chi connectivity index (χ2n) is 2.84. The fraction of sp³-hybridized carbons (Fsp3) is 0.556. The van der Waals surface area contributed by atoms with Gasteiger partial charge in [0.05, 0.1) is 12.0 Å². The molecule has 0 amide bonds. The molecule has 0 radical (unpaired) electrons. The molecule has 0 aromatic carbocycles. The van der Waals surface area contributed by atoms with Crippen LogP contribution >= 0.6 is 27.7 Å². The van der Waals surface area contributed by atoms with E-state index in [4.69, 9.17) is 0 Å². The van der Waals surface area contributed by atoms with Gasteiger partial charge < -0.3 is 0 Å². The van der Waals surface area contributed by atoms with Gasteiger partial charge in [-0.25, -0.2) is 4.98 Å². The van der Waals surface area contributed by atoms with Gasteiger partial charge in [0.15, 0.2) is 0 Å². The fourth-order valence-electron chi connectivity index (χ4n) is 1.01. The van der Waals surface area contributed by atoms with Crippen molar-refractivity contribution in [3.63, 3.8) is 0 Å². The van der Waals surface area contributed by atoms with E-state index in [2.05, 4.69) is 27.8 Å². The zero-order valence-electron chi connectivity index (χ0n) is 8.29. The van der Waals surface area contributed by atoms with Crippen molar-refractivity contribution in [3.8, 4) is 0 Å². The van der Waals surface area contributed by atoms with Crippen LogP contribution in [0.4, 0.5) is 0 Å². The highest BCUT2D eigenvalue weighted by atomic mass is 79.9. The van der Waals surface area contributed by atoms with E-state index in [1.54, 1.807) is 10.9 Å². The molecule has 0 spiro atoms. The van der Waals surface area contributed by atoms with Gasteiger partial charge in [-0.05, 0) is 28.6 Å². The van der Waals surface area contributed by atoms with Gasteiger partial charge >= 0.3 is 0 Å². The lowest BCUT2D eigenvalue weighted by Crippen LogP contribution is -2.23. The van der Waals surface area contributed by atoms with Crippen molar-refractivity contribution in [2.75, 3.05) is 11.5 Å². The topological polar surface area (TPSA) is 34.9 Å². The summed E-state index contributed by atoms with van der Waals surface area (Å²) in [6.07, 6.45) is 1.61. The minimum atomic E-state index is 0.00852. The van der Waals surface area contributed by atoms with Crippen molar-refractivity contribution in [1.82, 2.24) is 9.55 Å². The molecule has 0 aliphatic carbocycles. The van der Waals surface area contributed by atoms with E-state index in [0.29, 0.717) is 4.47 Å². The highest BCUT2D eigenvalue weighted by Gasteiger charge is 2.04. The number of hydrogen-bond acceptors (Lipinski definition) is 3. The maximum absolute atomic E-state index is 11.7. The molecule has 0 aliphatic rings. The zero-order valence-corrected chi connectivity index (χ0v) is 10.7. The van der Waals surface area contributed by atoms with Crippen molar-refractivity contribution >= 4 is 27.7 Å². The van der Waals surface area contributed by atoms with Gasteiger partial charge in [0.1, 0.15) is 4.47 Å². The van der Waals surface area contributed by atoms with Gasteiger partial charge in [-0.2, -0.15) is 11.8 Å². The number of aromatic nitrogens is 2. The molecule has 0 bridgehead atoms. The number of halogens is 1. The lowest BCUT2D eigenvalue weighted by molar-refractivity contribution is 0.703. The molecule has 0 unspecified atom stereocenters. The van der Waals surface area contributed by atoms with E-state index in [-0.39, 0.29) is 5.56 Å². The lowest BCUT2D eigenvalue weighted by atomic mass is 10.4. The summed E-state index contributed by atoms with van der Waals surface area (Å²) in [6, 6.07) is 0. The Kier molecular flexibility index (Phi) is 4.68. The Labute approximate surface area is 96.1 Å². The van der Waals surface area contributed by atoms with Crippen LogP contribution in [0.1, 0.15) is 12.6 Å². The first kappa shape index (κ1) is 11.8. The third kappa shape index (κ3) is 2.85. The first-order valence-electron chi connectivity index (χ1n) is 4.46. The van der Waals surface area contributed by atoms with Crippen LogP contribution in [0.5, 0.6) is 0 Å². The Morgan fingerprint density at radius 1 is 1.64 bits per heavy atom. The molecule has 1 heterocycles. The number of hydrogen-bond donors (Lipinski definition) is 0. The predicted molar refractivity (Wildman–Crippen MR) is 63.9 cm³/mol. The van der Waals surface area contributed by atoms with E-state index < -0.39 is 0 Å². The minimum Gasteiger partial charge on any atom is -0.297 e. The molecule has 0 aliphatic heterocycles. The predicted octanol–water partition coefficient (Wildman–Crippen LogP) is 2.07. The molecule has 1 aromatic heterocycles. The zero-order chi connectivity index (χ0) is 10.6. The van der Waals surface area contributed by atoms with Crippen LogP contribution in [0.3, 0.4) is 0 Å². The maximum Gasteiger partial charge on any atom is 0.267 e. The molecule has 14 heavy (non-hydrogen) atoms. The van der Waals surface area contributed by atoms with Crippen molar-refractivity contribution in [2.24, 2.45) is 0 Å². The Morgan fingerprint density at radius 3 is 3.00 bits per heavy atom. The van der Waals surface area contributed by atoms with Crippen LogP contribution < -0.4 is 5.56 Å². The highest BCUT2D eigenvalue weighted by molar-refractivity contribution is 9.10. The first-order valence-corrected chi connectivity index (χ1v) is 6.41. The highest BCUT2D eigenvalue weighted by Crippen LogP contribution is 2.06. The summed E-state index contributed by atoms with van der Waals surface area (Å²) in [4.78, 5) is 15.8. The number of aryl methyl sites for hydroxylation is 2. The summed E-state index contributed by atoms with van der Waals surface area (Å²) in [7, 11) is 0. The Morgan fingerprint density at radius 2 is 2.36 bits per heavy atom. The SMILES string of the molecule is CCSCCn1cnc(C)c(Br)c1=O. The summed E-state index contributed by atoms with van der Waals surface area (Å²) in [5.74, 6) is 2.03. The molecular weight excluding hydrogens is 264 g/mol. The summed E-state index contributed by atoms with van der Waals surface area (Å²) in [5.41, 5.74) is 0.753. The maximum atomic E-state index is 11.7. The van der Waals surface area contributed by atoms with E-state index in [1.807, 2.05) is 18.7 Å². The van der Waals surface area contributed by atoms with Gasteiger partial charge in [-0.3, -0.25) is 9.36 Å². The molecule has 1 aromatic rings. The monoisotopic (exact) mass is 276 g/mol. The van der Waals surface area contributed by atoms with Crippen molar-refractivity contribution in [1.29, 1.82) is 0 Å². The largest absolute Gasteiger partial charge is 0.297 e. The Hall–Kier alpha value is -0.290. The third-order valence-electron chi connectivity index (χ3n) is 1.84. The second kappa shape index (κ2) is 5.56. The van der Waals surface area contributed by atoms with Crippen LogP contribution in [0.15, 0.2) is 15.6 Å². The molecule has 0 saturated carbocycles. The standard InChI is InChI=1S/C9H13BrN2OS/c1-3-14-5-4-12-6-11-7(2)8(10)9(12)13/h6H,3-5H2,1-2H3. The van der Waals surface area contributed by atoms with Crippen molar-refractivity contribution < 1.29 is 0 Å². The average molecular weight is 277 g/mol. The van der Waals surface area contributed by atoms with Crippen LogP contribution in [0.25, 0.3) is 0 Å². The van der Waals surface area contributed by atoms with Crippen molar-refractivity contribution in [2.45, 2.75) is 20.4 Å². The van der Waals surface area contributed by atoms with Gasteiger partial charge in [-0.15, -0.1) is 0 Å². The van der Waals surface area contributed by atoms with Gasteiger partial charge in [-0.1, -0.05) is 6.92 Å². The van der Waals surface area contributed by atoms with Gasteiger partial charge in [0.2, 0.25) is 0 Å². The fourth-order valence-corrected chi connectivity index (χ4v) is 1.96. The lowest BCUT2D eigenvalue weighted by Gasteiger charge is -2.05. The van der Waals surface area contributed by atoms with Gasteiger partial charge in [0.25, 0.3) is 5.56 Å². The molecule has 0 saturated heterocycles. The number of nitrogens with zero attached hydrogens (tertiary/aromatic N) is 2. The van der Waals surface area contributed by atoms with E-state index in [1.165, 1.54) is 0 Å². The van der Waals surface area contributed by atoms with Gasteiger partial charge in [0, 0.05) is 12.3 Å². The summed E-state index contributed by atoms with van der Waals surface area (Å²) in [6.45, 7) is 4.65. The molecule has 1 rings (SSSR count). The normalized spacial score (nSPS) is 10.5. The quantitative estimate of drug-likeness (QED) is 0.790. The van der Waals surface area contributed by atoms with E-state index in [9.17, 15) is 4.79 Å². The summed E-state index contributed by atoms with van der Waals surface area (Å²) >= 11 is 5.06. The van der Waals surface area contributed by atoms with Crippen LogP contribution in [0.2, 0.25) is 0 Å². The molecule has 0 atom stereocenters. The number of rotatable bonds is 4. The molecule has 0 fully saturated rings. The number of thioether (sulfide) groups is 1. The van der Waals surface area contributed by atoms with Crippen LogP contribution in [0, 0.1) is 6.92 Å². The molecular formula is C9H13BrN2OS. The Balaban J connectivity index is 2.79. The minimum absolute atomic E-state index is 0.00852. The third-order valence-corrected chi connectivity index (χ3v) is 3.63. The van der Waals surface area contributed by atoms with E-state index >= 15 is 0 Å². The van der Waals surface area contributed by atoms with E-state index in [0.717, 1.165) is 23.7 Å². The average Bonchev–Trinajstić information content (AvgIpc) is 2.18. The molecule has 3 nitrogen and oxygen atoms in total. The Bertz CT molecular complexity index is 364. The molecule has 0 N–H and O–H groups in total. The van der Waals surface area contributed by atoms with Crippen LogP contribution in [-0.2, 0) is 6.54 Å².